The lowest BCUT2D eigenvalue weighted by Crippen LogP contribution is -2.49. The molecule has 1 fully saturated rings. The third-order valence-corrected chi connectivity index (χ3v) is 5.09. The van der Waals surface area contributed by atoms with Crippen LogP contribution in [0.3, 0.4) is 0 Å². The largest absolute Gasteiger partial charge is 0.483 e. The van der Waals surface area contributed by atoms with Gasteiger partial charge in [-0.05, 0) is 36.8 Å². The second-order valence-corrected chi connectivity index (χ2v) is 9.92. The zero-order chi connectivity index (χ0) is 21.1. The molecule has 156 valence electrons. The van der Waals surface area contributed by atoms with Crippen molar-refractivity contribution in [1.29, 1.82) is 0 Å². The molecule has 1 aliphatic heterocycles. The van der Waals surface area contributed by atoms with Crippen LogP contribution in [0, 0.1) is 12.3 Å². The normalized spacial score (nSPS) is 16.0. The van der Waals surface area contributed by atoms with Gasteiger partial charge in [0.05, 0.1) is 0 Å². The zero-order valence-electron chi connectivity index (χ0n) is 18.5. The van der Waals surface area contributed by atoms with Crippen LogP contribution < -0.4 is 10.1 Å². The molecule has 1 heterocycles. The molecular weight excluding hydrogens is 352 g/mol. The van der Waals surface area contributed by atoms with Crippen molar-refractivity contribution in [2.24, 2.45) is 5.41 Å². The number of carbonyl (C=O) groups excluding carboxylic acids is 2. The minimum Gasteiger partial charge on any atom is -0.483 e. The average molecular weight is 389 g/mol. The summed E-state index contributed by atoms with van der Waals surface area (Å²) >= 11 is 0. The Balaban J connectivity index is 1.86. The maximum atomic E-state index is 12.4. The van der Waals surface area contributed by atoms with E-state index in [1.807, 2.05) is 37.8 Å². The van der Waals surface area contributed by atoms with Crippen LogP contribution in [-0.2, 0) is 15.0 Å². The molecule has 1 saturated heterocycles. The highest BCUT2D eigenvalue weighted by molar-refractivity contribution is 5.81. The summed E-state index contributed by atoms with van der Waals surface area (Å²) in [4.78, 5) is 26.6. The molecule has 1 aliphatic rings. The van der Waals surface area contributed by atoms with E-state index >= 15 is 0 Å². The lowest BCUT2D eigenvalue weighted by atomic mass is 9.85. The van der Waals surface area contributed by atoms with Gasteiger partial charge in [-0.15, -0.1) is 0 Å². The van der Waals surface area contributed by atoms with Crippen molar-refractivity contribution in [3.05, 3.63) is 29.3 Å². The van der Waals surface area contributed by atoms with Crippen molar-refractivity contribution in [2.75, 3.05) is 19.7 Å². The number of carbonyl (C=O) groups is 2. The zero-order valence-corrected chi connectivity index (χ0v) is 18.5. The molecular formula is C23H36N2O3. The molecule has 2 amide bonds. The highest BCUT2D eigenvalue weighted by atomic mass is 16.5. The first-order chi connectivity index (χ1) is 12.9. The molecule has 1 aromatic carbocycles. The number of aryl methyl sites for hydroxylation is 1. The van der Waals surface area contributed by atoms with Gasteiger partial charge in [0.1, 0.15) is 5.75 Å². The molecule has 28 heavy (non-hydrogen) atoms. The van der Waals surface area contributed by atoms with Gasteiger partial charge in [0.25, 0.3) is 5.91 Å². The number of piperidine rings is 1. The molecule has 1 aromatic rings. The van der Waals surface area contributed by atoms with Crippen molar-refractivity contribution in [3.63, 3.8) is 0 Å². The van der Waals surface area contributed by atoms with Crippen LogP contribution in [-0.4, -0.2) is 42.5 Å². The van der Waals surface area contributed by atoms with E-state index in [0.29, 0.717) is 13.1 Å². The molecule has 0 spiro atoms. The Labute approximate surface area is 169 Å². The fraction of sp³-hybridized carbons (Fsp3) is 0.652. The summed E-state index contributed by atoms with van der Waals surface area (Å²) in [6.45, 7) is 15.7. The Hall–Kier alpha value is -2.04. The Kier molecular flexibility index (Phi) is 6.79. The van der Waals surface area contributed by atoms with Gasteiger partial charge in [0.15, 0.2) is 6.61 Å². The predicted molar refractivity (Wildman–Crippen MR) is 113 cm³/mol. The van der Waals surface area contributed by atoms with Crippen LogP contribution in [0.1, 0.15) is 65.5 Å². The molecule has 2 rings (SSSR count). The van der Waals surface area contributed by atoms with Crippen LogP contribution in [0.4, 0.5) is 0 Å². The van der Waals surface area contributed by atoms with Crippen molar-refractivity contribution in [1.82, 2.24) is 10.2 Å². The number of nitrogens with zero attached hydrogens (tertiary/aromatic N) is 1. The van der Waals surface area contributed by atoms with Crippen molar-refractivity contribution in [3.8, 4) is 5.75 Å². The Morgan fingerprint density at radius 2 is 1.71 bits per heavy atom. The van der Waals surface area contributed by atoms with Gasteiger partial charge < -0.3 is 15.0 Å². The first-order valence-electron chi connectivity index (χ1n) is 10.2. The van der Waals surface area contributed by atoms with Crippen molar-refractivity contribution in [2.45, 2.75) is 72.8 Å². The molecule has 5 nitrogen and oxygen atoms in total. The quantitative estimate of drug-likeness (QED) is 0.853. The highest BCUT2D eigenvalue weighted by Gasteiger charge is 2.30. The van der Waals surface area contributed by atoms with E-state index in [1.165, 1.54) is 5.56 Å². The number of ether oxygens (including phenoxy) is 1. The van der Waals surface area contributed by atoms with Crippen LogP contribution >= 0.6 is 0 Å². The lowest BCUT2D eigenvalue weighted by molar-refractivity contribution is -0.140. The van der Waals surface area contributed by atoms with E-state index in [0.717, 1.165) is 24.2 Å². The summed E-state index contributed by atoms with van der Waals surface area (Å²) < 4.78 is 5.85. The summed E-state index contributed by atoms with van der Waals surface area (Å²) in [6, 6.07) is 6.17. The minimum atomic E-state index is -0.358. The molecule has 0 unspecified atom stereocenters. The number of rotatable bonds is 4. The standard InChI is InChI=1S/C23H36N2O3/c1-16-8-9-19(18(14-16)22(2,3)4)28-15-20(26)24-17-10-12-25(13-11-17)21(27)23(5,6)7/h8-9,14,17H,10-13,15H2,1-7H3,(H,24,26). The van der Waals surface area contributed by atoms with Gasteiger partial charge in [0.2, 0.25) is 5.91 Å². The Morgan fingerprint density at radius 1 is 1.11 bits per heavy atom. The van der Waals surface area contributed by atoms with Gasteiger partial charge in [-0.25, -0.2) is 0 Å². The molecule has 0 saturated carbocycles. The van der Waals surface area contributed by atoms with E-state index in [-0.39, 0.29) is 35.3 Å². The second-order valence-electron chi connectivity index (χ2n) is 9.92. The molecule has 0 aromatic heterocycles. The topological polar surface area (TPSA) is 58.6 Å². The van der Waals surface area contributed by atoms with Gasteiger partial charge in [-0.2, -0.15) is 0 Å². The van der Waals surface area contributed by atoms with Crippen molar-refractivity contribution < 1.29 is 14.3 Å². The van der Waals surface area contributed by atoms with Gasteiger partial charge in [-0.3, -0.25) is 9.59 Å². The summed E-state index contributed by atoms with van der Waals surface area (Å²) in [5.74, 6) is 0.828. The molecule has 0 atom stereocenters. The SMILES string of the molecule is Cc1ccc(OCC(=O)NC2CCN(C(=O)C(C)(C)C)CC2)c(C(C)(C)C)c1. The van der Waals surface area contributed by atoms with Gasteiger partial charge >= 0.3 is 0 Å². The number of likely N-dealkylation sites (tertiary alicyclic amines) is 1. The number of hydrogen-bond acceptors (Lipinski definition) is 3. The number of hydrogen-bond donors (Lipinski definition) is 1. The van der Waals surface area contributed by atoms with E-state index < -0.39 is 0 Å². The minimum absolute atomic E-state index is 0.00722. The predicted octanol–water partition coefficient (Wildman–Crippen LogP) is 3.82. The van der Waals surface area contributed by atoms with E-state index in [1.54, 1.807) is 0 Å². The molecule has 0 bridgehead atoms. The fourth-order valence-corrected chi connectivity index (χ4v) is 3.47. The third kappa shape index (κ3) is 5.98. The molecule has 5 heteroatoms. The van der Waals surface area contributed by atoms with Crippen LogP contribution in [0.5, 0.6) is 5.75 Å². The van der Waals surface area contributed by atoms with Crippen molar-refractivity contribution >= 4 is 11.8 Å². The Morgan fingerprint density at radius 3 is 2.25 bits per heavy atom. The van der Waals surface area contributed by atoms with Gasteiger partial charge in [-0.1, -0.05) is 59.2 Å². The highest BCUT2D eigenvalue weighted by Crippen LogP contribution is 2.32. The first kappa shape index (κ1) is 22.3. The number of amides is 2. The summed E-state index contributed by atoms with van der Waals surface area (Å²) in [5, 5.41) is 3.06. The van der Waals surface area contributed by atoms with Crippen LogP contribution in [0.25, 0.3) is 0 Å². The van der Waals surface area contributed by atoms with Crippen LogP contribution in [0.2, 0.25) is 0 Å². The number of benzene rings is 1. The Bertz CT molecular complexity index is 706. The summed E-state index contributed by atoms with van der Waals surface area (Å²) in [5.41, 5.74) is 1.88. The smallest absolute Gasteiger partial charge is 0.258 e. The maximum Gasteiger partial charge on any atom is 0.258 e. The molecule has 1 N–H and O–H groups in total. The maximum absolute atomic E-state index is 12.4. The average Bonchev–Trinajstić information content (AvgIpc) is 2.59. The van der Waals surface area contributed by atoms with E-state index in [9.17, 15) is 9.59 Å². The summed E-state index contributed by atoms with van der Waals surface area (Å²) in [7, 11) is 0. The summed E-state index contributed by atoms with van der Waals surface area (Å²) in [6.07, 6.45) is 1.57. The second kappa shape index (κ2) is 8.54. The number of nitrogens with one attached hydrogen (secondary N) is 1. The fourth-order valence-electron chi connectivity index (χ4n) is 3.47. The third-order valence-electron chi connectivity index (χ3n) is 5.09. The lowest BCUT2D eigenvalue weighted by Gasteiger charge is -2.36. The molecule has 0 radical (unpaired) electrons. The monoisotopic (exact) mass is 388 g/mol. The first-order valence-corrected chi connectivity index (χ1v) is 10.2. The van der Waals surface area contributed by atoms with Gasteiger partial charge in [0, 0.05) is 24.5 Å². The van der Waals surface area contributed by atoms with Crippen LogP contribution in [0.15, 0.2) is 18.2 Å². The van der Waals surface area contributed by atoms with E-state index in [4.69, 9.17) is 4.74 Å². The molecule has 0 aliphatic carbocycles. The van der Waals surface area contributed by atoms with E-state index in [2.05, 4.69) is 39.1 Å².